The second-order valence-electron chi connectivity index (χ2n) is 7.36. The fraction of sp³-hybridized carbons (Fsp3) is 0.750. The van der Waals surface area contributed by atoms with Gasteiger partial charge >= 0.3 is 0 Å². The highest BCUT2D eigenvalue weighted by Crippen LogP contribution is 2.13. The van der Waals surface area contributed by atoms with E-state index in [1.54, 1.807) is 0 Å². The number of aliphatic imine (C=N–C) groups is 1. The number of nitrogens with one attached hydrogen (secondary N) is 3. The average molecular weight is 393 g/mol. The zero-order valence-electron chi connectivity index (χ0n) is 17.8. The van der Waals surface area contributed by atoms with Crippen molar-refractivity contribution < 1.29 is 9.32 Å². The van der Waals surface area contributed by atoms with E-state index in [4.69, 9.17) is 9.52 Å². The molecule has 2 rings (SSSR count). The summed E-state index contributed by atoms with van der Waals surface area (Å²) in [5.74, 6) is 1.86. The molecule has 0 atom stereocenters. The van der Waals surface area contributed by atoms with Crippen LogP contribution in [0.3, 0.4) is 0 Å². The van der Waals surface area contributed by atoms with Crippen LogP contribution in [-0.4, -0.2) is 67.2 Å². The predicted octanol–water partition coefficient (Wildman–Crippen LogP) is 1.38. The van der Waals surface area contributed by atoms with Crippen LogP contribution in [0.5, 0.6) is 0 Å². The number of carbonyl (C=O) groups excluding carboxylic acids is 1. The molecule has 1 amide bonds. The van der Waals surface area contributed by atoms with Gasteiger partial charge in [-0.15, -0.1) is 0 Å². The summed E-state index contributed by atoms with van der Waals surface area (Å²) in [6.07, 6.45) is 3.81. The van der Waals surface area contributed by atoms with E-state index in [2.05, 4.69) is 39.9 Å². The van der Waals surface area contributed by atoms with Crippen molar-refractivity contribution in [2.24, 2.45) is 4.99 Å². The molecule has 1 aliphatic heterocycles. The Kier molecular flexibility index (Phi) is 9.27. The quantitative estimate of drug-likeness (QED) is 0.434. The number of guanidine groups is 1. The molecule has 1 aromatic rings. The first-order chi connectivity index (χ1) is 13.5. The van der Waals surface area contributed by atoms with Crippen molar-refractivity contribution in [3.05, 3.63) is 17.0 Å². The number of piperidine rings is 1. The fourth-order valence-electron chi connectivity index (χ4n) is 3.41. The van der Waals surface area contributed by atoms with Gasteiger partial charge in [-0.25, -0.2) is 0 Å². The van der Waals surface area contributed by atoms with Crippen molar-refractivity contribution in [1.82, 2.24) is 26.0 Å². The van der Waals surface area contributed by atoms with Gasteiger partial charge < -0.3 is 20.5 Å². The summed E-state index contributed by atoms with van der Waals surface area (Å²) in [5.41, 5.74) is 2.09. The zero-order valence-corrected chi connectivity index (χ0v) is 17.8. The minimum absolute atomic E-state index is 0.127. The maximum Gasteiger partial charge on any atom is 0.234 e. The standard InChI is InChI=1S/C20H36N6O2/c1-5-10-22-19(27)14-26-12-8-17(9-13-26)24-20(21-6-2)23-11-7-18-15(3)25-28-16(18)4/h17H,5-14H2,1-4H3,(H,22,27)(H2,21,23,24). The number of aromatic nitrogens is 1. The van der Waals surface area contributed by atoms with Crippen LogP contribution in [0.25, 0.3) is 0 Å². The van der Waals surface area contributed by atoms with Gasteiger partial charge in [-0.2, -0.15) is 0 Å². The SMILES string of the molecule is CCCNC(=O)CN1CCC(NC(=NCCc2c(C)noc2C)NCC)CC1. The van der Waals surface area contributed by atoms with E-state index >= 15 is 0 Å². The Morgan fingerprint density at radius 1 is 1.25 bits per heavy atom. The summed E-state index contributed by atoms with van der Waals surface area (Å²) in [7, 11) is 0. The number of aryl methyl sites for hydroxylation is 2. The largest absolute Gasteiger partial charge is 0.361 e. The molecule has 1 aliphatic rings. The van der Waals surface area contributed by atoms with Gasteiger partial charge in [0.2, 0.25) is 5.91 Å². The van der Waals surface area contributed by atoms with E-state index < -0.39 is 0 Å². The lowest BCUT2D eigenvalue weighted by atomic mass is 10.1. The first kappa shape index (κ1) is 22.2. The van der Waals surface area contributed by atoms with Crippen molar-refractivity contribution in [1.29, 1.82) is 0 Å². The number of nitrogens with zero attached hydrogens (tertiary/aromatic N) is 3. The number of carbonyl (C=O) groups is 1. The third-order valence-corrected chi connectivity index (χ3v) is 5.02. The summed E-state index contributed by atoms with van der Waals surface area (Å²) < 4.78 is 5.22. The highest BCUT2D eigenvalue weighted by atomic mass is 16.5. The zero-order chi connectivity index (χ0) is 20.4. The lowest BCUT2D eigenvalue weighted by Gasteiger charge is -2.32. The maximum absolute atomic E-state index is 11.9. The number of likely N-dealkylation sites (tertiary alicyclic amines) is 1. The van der Waals surface area contributed by atoms with Crippen LogP contribution >= 0.6 is 0 Å². The summed E-state index contributed by atoms with van der Waals surface area (Å²) in [6, 6.07) is 0.381. The van der Waals surface area contributed by atoms with Crippen molar-refractivity contribution in [2.45, 2.75) is 59.4 Å². The monoisotopic (exact) mass is 392 g/mol. The van der Waals surface area contributed by atoms with Gasteiger partial charge in [0.1, 0.15) is 5.76 Å². The van der Waals surface area contributed by atoms with Crippen LogP contribution in [-0.2, 0) is 11.2 Å². The van der Waals surface area contributed by atoms with Crippen LogP contribution in [0, 0.1) is 13.8 Å². The summed E-state index contributed by atoms with van der Waals surface area (Å²) in [4.78, 5) is 18.8. The Hall–Kier alpha value is -2.09. The summed E-state index contributed by atoms with van der Waals surface area (Å²) >= 11 is 0. The Bertz CT molecular complexity index is 615. The molecule has 0 bridgehead atoms. The molecule has 0 spiro atoms. The smallest absolute Gasteiger partial charge is 0.234 e. The molecule has 0 unspecified atom stereocenters. The first-order valence-corrected chi connectivity index (χ1v) is 10.5. The first-order valence-electron chi connectivity index (χ1n) is 10.5. The Balaban J connectivity index is 1.77. The van der Waals surface area contributed by atoms with Crippen molar-refractivity contribution >= 4 is 11.9 Å². The molecule has 8 nitrogen and oxygen atoms in total. The van der Waals surface area contributed by atoms with Crippen molar-refractivity contribution in [3.8, 4) is 0 Å². The van der Waals surface area contributed by atoms with Crippen LogP contribution in [0.15, 0.2) is 9.52 Å². The van der Waals surface area contributed by atoms with Gasteiger partial charge in [0, 0.05) is 44.3 Å². The van der Waals surface area contributed by atoms with E-state index in [0.29, 0.717) is 19.1 Å². The van der Waals surface area contributed by atoms with Gasteiger partial charge in [-0.05, 0) is 46.5 Å². The summed E-state index contributed by atoms with van der Waals surface area (Å²) in [6.45, 7) is 12.7. The second-order valence-corrected chi connectivity index (χ2v) is 7.36. The van der Waals surface area contributed by atoms with Crippen molar-refractivity contribution in [2.75, 3.05) is 39.3 Å². The molecule has 3 N–H and O–H groups in total. The highest BCUT2D eigenvalue weighted by Gasteiger charge is 2.21. The van der Waals surface area contributed by atoms with E-state index in [9.17, 15) is 4.79 Å². The topological polar surface area (TPSA) is 94.8 Å². The molecule has 158 valence electrons. The number of hydrogen-bond acceptors (Lipinski definition) is 5. The molecule has 0 aromatic carbocycles. The minimum Gasteiger partial charge on any atom is -0.361 e. The molecule has 28 heavy (non-hydrogen) atoms. The third-order valence-electron chi connectivity index (χ3n) is 5.02. The summed E-state index contributed by atoms with van der Waals surface area (Å²) in [5, 5.41) is 13.8. The molecule has 0 saturated carbocycles. The van der Waals surface area contributed by atoms with E-state index in [1.807, 2.05) is 13.8 Å². The van der Waals surface area contributed by atoms with E-state index in [-0.39, 0.29) is 5.91 Å². The Morgan fingerprint density at radius 2 is 2.00 bits per heavy atom. The minimum atomic E-state index is 0.127. The molecule has 2 heterocycles. The predicted molar refractivity (Wildman–Crippen MR) is 112 cm³/mol. The molecule has 1 saturated heterocycles. The lowest BCUT2D eigenvalue weighted by molar-refractivity contribution is -0.122. The van der Waals surface area contributed by atoms with Gasteiger partial charge in [0.05, 0.1) is 12.2 Å². The average Bonchev–Trinajstić information content (AvgIpc) is 3.00. The fourth-order valence-corrected chi connectivity index (χ4v) is 3.41. The van der Waals surface area contributed by atoms with Crippen LogP contribution in [0.4, 0.5) is 0 Å². The van der Waals surface area contributed by atoms with E-state index in [1.165, 1.54) is 0 Å². The van der Waals surface area contributed by atoms with Gasteiger partial charge in [-0.3, -0.25) is 14.7 Å². The van der Waals surface area contributed by atoms with Crippen LogP contribution < -0.4 is 16.0 Å². The molecule has 0 aliphatic carbocycles. The highest BCUT2D eigenvalue weighted by molar-refractivity contribution is 5.80. The molecule has 8 heteroatoms. The van der Waals surface area contributed by atoms with Gasteiger partial charge in [0.25, 0.3) is 0 Å². The number of amides is 1. The second kappa shape index (κ2) is 11.7. The van der Waals surface area contributed by atoms with Gasteiger partial charge in [0.15, 0.2) is 5.96 Å². The third kappa shape index (κ3) is 7.14. The Labute approximate surface area is 168 Å². The molecular formula is C20H36N6O2. The lowest BCUT2D eigenvalue weighted by Crippen LogP contribution is -2.50. The van der Waals surface area contributed by atoms with Crippen LogP contribution in [0.2, 0.25) is 0 Å². The molecule has 0 radical (unpaired) electrons. The van der Waals surface area contributed by atoms with E-state index in [0.717, 1.165) is 74.8 Å². The Morgan fingerprint density at radius 3 is 2.61 bits per heavy atom. The maximum atomic E-state index is 11.9. The molecule has 1 aromatic heterocycles. The normalized spacial score (nSPS) is 16.2. The van der Waals surface area contributed by atoms with Gasteiger partial charge in [-0.1, -0.05) is 12.1 Å². The number of hydrogen-bond donors (Lipinski definition) is 3. The molecule has 1 fully saturated rings. The van der Waals surface area contributed by atoms with Crippen LogP contribution in [0.1, 0.15) is 50.1 Å². The van der Waals surface area contributed by atoms with Crippen molar-refractivity contribution in [3.63, 3.8) is 0 Å². The molecular weight excluding hydrogens is 356 g/mol. The number of rotatable bonds is 9.